The molecule has 126 valence electrons. The van der Waals surface area contributed by atoms with Crippen molar-refractivity contribution in [3.8, 4) is 17.6 Å². The molecule has 5 rings (SSSR count). The van der Waals surface area contributed by atoms with Crippen LogP contribution < -0.4 is 9.47 Å². The van der Waals surface area contributed by atoms with E-state index in [0.717, 1.165) is 16.8 Å². The van der Waals surface area contributed by atoms with Gasteiger partial charge in [0, 0.05) is 28.3 Å². The monoisotopic (exact) mass is 342 g/mol. The third-order valence-electron chi connectivity index (χ3n) is 5.20. The molecule has 0 bridgehead atoms. The number of benzene rings is 2. The summed E-state index contributed by atoms with van der Waals surface area (Å²) in [6.45, 7) is 2.03. The Kier molecular flexibility index (Phi) is 3.04. The number of carbonyl (C=O) groups is 1. The summed E-state index contributed by atoms with van der Waals surface area (Å²) in [7, 11) is 0. The van der Waals surface area contributed by atoms with E-state index in [0.29, 0.717) is 28.3 Å². The number of hydrogen-bond donors (Lipinski definition) is 0. The summed E-state index contributed by atoms with van der Waals surface area (Å²) >= 11 is 0. The smallest absolute Gasteiger partial charge is 0.231 e. The minimum atomic E-state index is -0.493. The first kappa shape index (κ1) is 14.9. The molecule has 0 fully saturated rings. The van der Waals surface area contributed by atoms with E-state index in [1.165, 1.54) is 0 Å². The Morgan fingerprint density at radius 2 is 1.88 bits per heavy atom. The summed E-state index contributed by atoms with van der Waals surface area (Å²) in [6.07, 6.45) is 0. The average molecular weight is 342 g/mol. The molecule has 0 saturated heterocycles. The fraction of sp³-hybridized carbons (Fsp3) is 0.190. The Labute approximate surface area is 150 Å². The van der Waals surface area contributed by atoms with E-state index in [4.69, 9.17) is 9.47 Å². The predicted octanol–water partition coefficient (Wildman–Crippen LogP) is 3.72. The molecule has 0 N–H and O–H groups in total. The van der Waals surface area contributed by atoms with Crippen molar-refractivity contribution in [2.24, 2.45) is 10.9 Å². The SMILES string of the molecule is CC1=NC2=C(C(=O)c3ccccc32)[C@@H](c2ccc3c(c2)OCO3)C1C#N. The van der Waals surface area contributed by atoms with Crippen LogP contribution in [0.15, 0.2) is 53.0 Å². The molecular formula is C21H14N2O3. The molecule has 0 saturated carbocycles. The van der Waals surface area contributed by atoms with Gasteiger partial charge in [-0.25, -0.2) is 0 Å². The topological polar surface area (TPSA) is 71.7 Å². The predicted molar refractivity (Wildman–Crippen MR) is 95.2 cm³/mol. The van der Waals surface area contributed by atoms with Gasteiger partial charge in [0.25, 0.3) is 0 Å². The average Bonchev–Trinajstić information content (AvgIpc) is 3.24. The first-order valence-electron chi connectivity index (χ1n) is 8.41. The van der Waals surface area contributed by atoms with Crippen molar-refractivity contribution in [1.82, 2.24) is 0 Å². The van der Waals surface area contributed by atoms with Crippen molar-refractivity contribution in [1.29, 1.82) is 5.26 Å². The zero-order chi connectivity index (χ0) is 17.8. The van der Waals surface area contributed by atoms with Crippen LogP contribution in [-0.2, 0) is 0 Å². The molecule has 1 aliphatic carbocycles. The van der Waals surface area contributed by atoms with Gasteiger partial charge in [0.2, 0.25) is 6.79 Å². The molecule has 3 aliphatic rings. The molecule has 2 heterocycles. The first-order valence-corrected chi connectivity index (χ1v) is 8.41. The van der Waals surface area contributed by atoms with E-state index >= 15 is 0 Å². The van der Waals surface area contributed by atoms with Gasteiger partial charge in [0.1, 0.15) is 0 Å². The number of nitrogens with zero attached hydrogens (tertiary/aromatic N) is 2. The maximum Gasteiger partial charge on any atom is 0.231 e. The molecule has 0 radical (unpaired) electrons. The van der Waals surface area contributed by atoms with Gasteiger partial charge in [0.05, 0.1) is 17.7 Å². The highest BCUT2D eigenvalue weighted by molar-refractivity contribution is 6.23. The minimum Gasteiger partial charge on any atom is -0.454 e. The second-order valence-electron chi connectivity index (χ2n) is 6.59. The van der Waals surface area contributed by atoms with Crippen LogP contribution in [0.2, 0.25) is 0 Å². The summed E-state index contributed by atoms with van der Waals surface area (Å²) in [6, 6.07) is 15.4. The number of ether oxygens (including phenoxy) is 2. The van der Waals surface area contributed by atoms with Gasteiger partial charge < -0.3 is 9.47 Å². The fourth-order valence-electron chi connectivity index (χ4n) is 3.98. The molecule has 1 unspecified atom stereocenters. The van der Waals surface area contributed by atoms with Gasteiger partial charge in [-0.3, -0.25) is 9.79 Å². The Morgan fingerprint density at radius 1 is 1.12 bits per heavy atom. The molecule has 0 amide bonds. The quantitative estimate of drug-likeness (QED) is 0.792. The molecule has 0 aromatic heterocycles. The van der Waals surface area contributed by atoms with E-state index in [-0.39, 0.29) is 18.5 Å². The lowest BCUT2D eigenvalue weighted by atomic mass is 9.76. The minimum absolute atomic E-state index is 0.0465. The summed E-state index contributed by atoms with van der Waals surface area (Å²) in [4.78, 5) is 17.8. The fourth-order valence-corrected chi connectivity index (χ4v) is 3.98. The van der Waals surface area contributed by atoms with E-state index in [1.54, 1.807) is 0 Å². The van der Waals surface area contributed by atoms with Gasteiger partial charge in [-0.1, -0.05) is 30.3 Å². The summed E-state index contributed by atoms with van der Waals surface area (Å²) in [5, 5.41) is 9.79. The maximum atomic E-state index is 13.1. The van der Waals surface area contributed by atoms with Gasteiger partial charge in [-0.05, 0) is 24.6 Å². The van der Waals surface area contributed by atoms with E-state index in [9.17, 15) is 10.1 Å². The van der Waals surface area contributed by atoms with Crippen molar-refractivity contribution in [2.75, 3.05) is 6.79 Å². The van der Waals surface area contributed by atoms with Crippen molar-refractivity contribution in [3.05, 3.63) is 64.7 Å². The maximum absolute atomic E-state index is 13.1. The second-order valence-corrected chi connectivity index (χ2v) is 6.59. The number of allylic oxidation sites excluding steroid dienone is 1. The number of fused-ring (bicyclic) bond motifs is 3. The van der Waals surface area contributed by atoms with Crippen LogP contribution in [0.4, 0.5) is 0 Å². The molecular weight excluding hydrogens is 328 g/mol. The molecule has 2 aromatic carbocycles. The van der Waals surface area contributed by atoms with E-state index in [1.807, 2.05) is 49.4 Å². The molecule has 2 atom stereocenters. The molecule has 5 heteroatoms. The van der Waals surface area contributed by atoms with Gasteiger partial charge in [0.15, 0.2) is 17.3 Å². The van der Waals surface area contributed by atoms with Crippen molar-refractivity contribution in [2.45, 2.75) is 12.8 Å². The third kappa shape index (κ3) is 1.90. The van der Waals surface area contributed by atoms with E-state index in [2.05, 4.69) is 11.1 Å². The highest BCUT2D eigenvalue weighted by atomic mass is 16.7. The first-order chi connectivity index (χ1) is 12.7. The Hall–Kier alpha value is -3.39. The van der Waals surface area contributed by atoms with Crippen molar-refractivity contribution in [3.63, 3.8) is 0 Å². The van der Waals surface area contributed by atoms with Gasteiger partial charge in [-0.15, -0.1) is 0 Å². The summed E-state index contributed by atoms with van der Waals surface area (Å²) < 4.78 is 10.9. The van der Waals surface area contributed by atoms with Crippen LogP contribution in [0.25, 0.3) is 5.70 Å². The van der Waals surface area contributed by atoms with Crippen LogP contribution in [0, 0.1) is 17.2 Å². The standard InChI is InChI=1S/C21H14N2O3/c1-11-15(9-22)18(12-6-7-16-17(8-12)26-10-25-16)19-20(23-11)13-4-2-3-5-14(13)21(19)24/h2-8,15,18H,10H2,1H3/t15?,18-/m0/s1. The van der Waals surface area contributed by atoms with Crippen LogP contribution >= 0.6 is 0 Å². The Bertz CT molecular complexity index is 1070. The number of ketones is 1. The number of aliphatic imine (C=N–C) groups is 1. The lowest BCUT2D eigenvalue weighted by molar-refractivity contribution is 0.103. The Morgan fingerprint density at radius 3 is 2.69 bits per heavy atom. The normalized spacial score (nSPS) is 22.6. The molecule has 26 heavy (non-hydrogen) atoms. The van der Waals surface area contributed by atoms with Gasteiger partial charge in [-0.2, -0.15) is 5.26 Å². The van der Waals surface area contributed by atoms with Crippen molar-refractivity contribution >= 4 is 17.2 Å². The lowest BCUT2D eigenvalue weighted by Gasteiger charge is -2.27. The highest BCUT2D eigenvalue weighted by Gasteiger charge is 2.43. The molecule has 0 spiro atoms. The second kappa shape index (κ2) is 5.30. The lowest BCUT2D eigenvalue weighted by Crippen LogP contribution is -2.26. The summed E-state index contributed by atoms with van der Waals surface area (Å²) in [5.74, 6) is 0.409. The van der Waals surface area contributed by atoms with Crippen LogP contribution in [0.3, 0.4) is 0 Å². The van der Waals surface area contributed by atoms with Crippen LogP contribution in [0.5, 0.6) is 11.5 Å². The largest absolute Gasteiger partial charge is 0.454 e. The van der Waals surface area contributed by atoms with Crippen LogP contribution in [0.1, 0.15) is 34.3 Å². The number of nitriles is 1. The number of hydrogen-bond acceptors (Lipinski definition) is 5. The third-order valence-corrected chi connectivity index (χ3v) is 5.20. The van der Waals surface area contributed by atoms with Crippen LogP contribution in [-0.4, -0.2) is 18.3 Å². The molecule has 2 aromatic rings. The summed E-state index contributed by atoms with van der Waals surface area (Å²) in [5.41, 5.74) is 4.37. The zero-order valence-corrected chi connectivity index (χ0v) is 14.0. The Balaban J connectivity index is 1.72. The molecule has 5 nitrogen and oxygen atoms in total. The molecule has 2 aliphatic heterocycles. The number of Topliss-reactive ketones (excluding diaryl/α,β-unsaturated/α-hetero) is 1. The zero-order valence-electron chi connectivity index (χ0n) is 14.0. The van der Waals surface area contributed by atoms with E-state index < -0.39 is 5.92 Å². The highest BCUT2D eigenvalue weighted by Crippen LogP contribution is 2.48. The number of rotatable bonds is 1. The number of carbonyl (C=O) groups excluding carboxylic acids is 1. The van der Waals surface area contributed by atoms with Gasteiger partial charge >= 0.3 is 0 Å². The van der Waals surface area contributed by atoms with Crippen molar-refractivity contribution < 1.29 is 14.3 Å².